The second-order valence-electron chi connectivity index (χ2n) is 2.23. The van der Waals surface area contributed by atoms with E-state index in [4.69, 9.17) is 0 Å². The van der Waals surface area contributed by atoms with Crippen molar-refractivity contribution in [3.05, 3.63) is 26.8 Å². The van der Waals surface area contributed by atoms with E-state index < -0.39 is 12.2 Å². The number of hydrogen-bond acceptors (Lipinski definition) is 1. The summed E-state index contributed by atoms with van der Waals surface area (Å²) in [6, 6.07) is 0. The van der Waals surface area contributed by atoms with E-state index in [1.807, 2.05) is 0 Å². The molecule has 1 nitrogen and oxygen atoms in total. The van der Waals surface area contributed by atoms with Crippen LogP contribution in [0.1, 0.15) is 17.7 Å². The van der Waals surface area contributed by atoms with E-state index in [0.29, 0.717) is 0 Å². The van der Waals surface area contributed by atoms with Crippen LogP contribution in [-0.2, 0) is 0 Å². The maximum atomic E-state index is 12.7. The van der Waals surface area contributed by atoms with E-state index in [1.54, 1.807) is 22.6 Å². The van der Waals surface area contributed by atoms with Crippen molar-refractivity contribution >= 4 is 22.6 Å². The van der Waals surface area contributed by atoms with Crippen LogP contribution in [0, 0.1) is 16.3 Å². The van der Waals surface area contributed by atoms with Gasteiger partial charge >= 0.3 is 0 Å². The summed E-state index contributed by atoms with van der Waals surface area (Å²) in [7, 11) is 0. The standard InChI is InChI=1S/C7H5F3IN/c1-3-5(11)4(8)2-12-6(3)7(9)10/h2,7H,1H3. The van der Waals surface area contributed by atoms with Crippen molar-refractivity contribution in [2.45, 2.75) is 13.3 Å². The average molecular weight is 287 g/mol. The number of nitrogens with zero attached hydrogens (tertiary/aromatic N) is 1. The molecule has 0 N–H and O–H groups in total. The molecule has 1 rings (SSSR count). The Labute approximate surface area is 81.1 Å². The summed E-state index contributed by atoms with van der Waals surface area (Å²) in [6.45, 7) is 1.43. The largest absolute Gasteiger partial charge is 0.280 e. The van der Waals surface area contributed by atoms with Gasteiger partial charge in [0.05, 0.1) is 9.77 Å². The molecule has 12 heavy (non-hydrogen) atoms. The highest BCUT2D eigenvalue weighted by Gasteiger charge is 2.16. The van der Waals surface area contributed by atoms with Gasteiger partial charge in [0, 0.05) is 0 Å². The number of hydrogen-bond donors (Lipinski definition) is 0. The fourth-order valence-corrected chi connectivity index (χ4v) is 1.21. The zero-order chi connectivity index (χ0) is 9.30. The number of halogens is 4. The van der Waals surface area contributed by atoms with Crippen LogP contribution in [0.15, 0.2) is 6.20 Å². The third kappa shape index (κ3) is 1.70. The van der Waals surface area contributed by atoms with Crippen LogP contribution in [0.4, 0.5) is 13.2 Å². The van der Waals surface area contributed by atoms with Crippen molar-refractivity contribution in [2.75, 3.05) is 0 Å². The van der Waals surface area contributed by atoms with Crippen LogP contribution in [0.2, 0.25) is 0 Å². The molecule has 0 aromatic carbocycles. The van der Waals surface area contributed by atoms with E-state index >= 15 is 0 Å². The maximum absolute atomic E-state index is 12.7. The van der Waals surface area contributed by atoms with Gasteiger partial charge in [-0.1, -0.05) is 0 Å². The lowest BCUT2D eigenvalue weighted by molar-refractivity contribution is 0.145. The van der Waals surface area contributed by atoms with Crippen molar-refractivity contribution in [1.29, 1.82) is 0 Å². The molecular formula is C7H5F3IN. The van der Waals surface area contributed by atoms with Gasteiger partial charge < -0.3 is 0 Å². The molecule has 5 heteroatoms. The second-order valence-corrected chi connectivity index (χ2v) is 3.31. The fourth-order valence-electron chi connectivity index (χ4n) is 0.791. The van der Waals surface area contributed by atoms with Gasteiger partial charge in [0.2, 0.25) is 0 Å². The normalized spacial score (nSPS) is 10.8. The Hall–Kier alpha value is -0.330. The molecule has 0 fully saturated rings. The monoisotopic (exact) mass is 287 g/mol. The first-order chi connectivity index (χ1) is 5.54. The summed E-state index contributed by atoms with van der Waals surface area (Å²) in [5.74, 6) is -0.558. The molecule has 0 aliphatic carbocycles. The predicted molar refractivity (Wildman–Crippen MR) is 46.6 cm³/mol. The molecule has 0 saturated carbocycles. The van der Waals surface area contributed by atoms with E-state index in [0.717, 1.165) is 6.20 Å². The summed E-state index contributed by atoms with van der Waals surface area (Å²) in [5, 5.41) is 0. The molecule has 66 valence electrons. The Kier molecular flexibility index (Phi) is 2.92. The maximum Gasteiger partial charge on any atom is 0.280 e. The van der Waals surface area contributed by atoms with Crippen LogP contribution in [0.3, 0.4) is 0 Å². The Morgan fingerprint density at radius 2 is 2.08 bits per heavy atom. The van der Waals surface area contributed by atoms with Gasteiger partial charge in [0.15, 0.2) is 5.82 Å². The van der Waals surface area contributed by atoms with E-state index in [1.165, 1.54) is 6.92 Å². The molecule has 1 aromatic heterocycles. The van der Waals surface area contributed by atoms with Gasteiger partial charge in [-0.3, -0.25) is 4.98 Å². The highest BCUT2D eigenvalue weighted by atomic mass is 127. The average Bonchev–Trinajstić information content (AvgIpc) is 2.00. The van der Waals surface area contributed by atoms with Crippen molar-refractivity contribution in [2.24, 2.45) is 0 Å². The zero-order valence-corrected chi connectivity index (χ0v) is 8.27. The SMILES string of the molecule is Cc1c(C(F)F)ncc(F)c1I. The van der Waals surface area contributed by atoms with Gasteiger partial charge in [-0.15, -0.1) is 0 Å². The van der Waals surface area contributed by atoms with E-state index in [-0.39, 0.29) is 14.8 Å². The molecule has 0 aliphatic rings. The molecule has 1 aromatic rings. The van der Waals surface area contributed by atoms with Gasteiger partial charge in [-0.05, 0) is 35.1 Å². The minimum Gasteiger partial charge on any atom is -0.252 e. The summed E-state index contributed by atoms with van der Waals surface area (Å²) >= 11 is 1.68. The lowest BCUT2D eigenvalue weighted by Crippen LogP contribution is -1.99. The summed E-state index contributed by atoms with van der Waals surface area (Å²) < 4.78 is 37.2. The summed E-state index contributed by atoms with van der Waals surface area (Å²) in [5.41, 5.74) is -0.133. The minimum absolute atomic E-state index is 0.206. The van der Waals surface area contributed by atoms with Crippen molar-refractivity contribution < 1.29 is 13.2 Å². The van der Waals surface area contributed by atoms with Crippen molar-refractivity contribution in [3.8, 4) is 0 Å². The second kappa shape index (κ2) is 3.59. The smallest absolute Gasteiger partial charge is 0.252 e. The lowest BCUT2D eigenvalue weighted by atomic mass is 10.2. The molecule has 0 unspecified atom stereocenters. The number of pyridine rings is 1. The van der Waals surface area contributed by atoms with Crippen molar-refractivity contribution in [3.63, 3.8) is 0 Å². The van der Waals surface area contributed by atoms with E-state index in [2.05, 4.69) is 4.98 Å². The first kappa shape index (κ1) is 9.76. The molecular weight excluding hydrogens is 282 g/mol. The fraction of sp³-hybridized carbons (Fsp3) is 0.286. The molecule has 0 aliphatic heterocycles. The number of alkyl halides is 2. The van der Waals surface area contributed by atoms with Gasteiger partial charge in [0.1, 0.15) is 5.69 Å². The predicted octanol–water partition coefficient (Wildman–Crippen LogP) is 3.07. The zero-order valence-electron chi connectivity index (χ0n) is 6.11. The highest BCUT2D eigenvalue weighted by molar-refractivity contribution is 14.1. The molecule has 1 heterocycles. The lowest BCUT2D eigenvalue weighted by Gasteiger charge is -2.05. The molecule has 0 bridgehead atoms. The Balaban J connectivity index is 3.27. The quantitative estimate of drug-likeness (QED) is 0.723. The Morgan fingerprint density at radius 1 is 1.50 bits per heavy atom. The van der Waals surface area contributed by atoms with Crippen LogP contribution < -0.4 is 0 Å². The van der Waals surface area contributed by atoms with Gasteiger partial charge in [0.25, 0.3) is 6.43 Å². The topological polar surface area (TPSA) is 12.9 Å². The van der Waals surface area contributed by atoms with Crippen LogP contribution in [0.5, 0.6) is 0 Å². The number of aromatic nitrogens is 1. The Bertz CT molecular complexity index is 301. The Morgan fingerprint density at radius 3 is 2.58 bits per heavy atom. The minimum atomic E-state index is -2.64. The third-order valence-electron chi connectivity index (χ3n) is 1.45. The molecule has 0 amide bonds. The summed E-state index contributed by atoms with van der Waals surface area (Å²) in [6.07, 6.45) is -1.82. The van der Waals surface area contributed by atoms with Crippen LogP contribution in [0.25, 0.3) is 0 Å². The van der Waals surface area contributed by atoms with Crippen molar-refractivity contribution in [1.82, 2.24) is 4.98 Å². The molecule has 0 radical (unpaired) electrons. The highest BCUT2D eigenvalue weighted by Crippen LogP contribution is 2.24. The molecule has 0 spiro atoms. The first-order valence-corrected chi connectivity index (χ1v) is 4.20. The van der Waals surface area contributed by atoms with Crippen LogP contribution >= 0.6 is 22.6 Å². The summed E-state index contributed by atoms with van der Waals surface area (Å²) in [4.78, 5) is 3.31. The first-order valence-electron chi connectivity index (χ1n) is 3.12. The van der Waals surface area contributed by atoms with Gasteiger partial charge in [-0.2, -0.15) is 0 Å². The van der Waals surface area contributed by atoms with Crippen LogP contribution in [-0.4, -0.2) is 4.98 Å². The third-order valence-corrected chi connectivity index (χ3v) is 2.77. The number of rotatable bonds is 1. The molecule has 0 saturated heterocycles. The van der Waals surface area contributed by atoms with E-state index in [9.17, 15) is 13.2 Å². The molecule has 0 atom stereocenters. The van der Waals surface area contributed by atoms with Gasteiger partial charge in [-0.25, -0.2) is 13.2 Å².